The van der Waals surface area contributed by atoms with Gasteiger partial charge in [0.25, 0.3) is 5.91 Å². The largest absolute Gasteiger partial charge is 0.493 e. The zero-order valence-electron chi connectivity index (χ0n) is 24.6. The van der Waals surface area contributed by atoms with E-state index < -0.39 is 15.9 Å². The van der Waals surface area contributed by atoms with E-state index in [1.165, 1.54) is 11.1 Å². The number of carbonyl (C=O) groups excluding carboxylic acids is 1. The molecule has 8 nitrogen and oxygen atoms in total. The number of para-hydroxylation sites is 1. The van der Waals surface area contributed by atoms with Crippen LogP contribution in [0.3, 0.4) is 0 Å². The molecule has 4 aromatic carbocycles. The van der Waals surface area contributed by atoms with Gasteiger partial charge >= 0.3 is 0 Å². The van der Waals surface area contributed by atoms with Gasteiger partial charge in [-0.2, -0.15) is 4.31 Å². The number of nitrogens with one attached hydrogen (secondary N) is 2. The van der Waals surface area contributed by atoms with E-state index in [-0.39, 0.29) is 16.0 Å². The molecule has 4 aromatic rings. The number of carbonyl (C=O) groups is 1. The minimum Gasteiger partial charge on any atom is -0.493 e. The van der Waals surface area contributed by atoms with Gasteiger partial charge in [-0.25, -0.2) is 8.42 Å². The van der Waals surface area contributed by atoms with Crippen LogP contribution in [0.1, 0.15) is 40.9 Å². The van der Waals surface area contributed by atoms with Crippen LogP contribution in [0, 0.1) is 0 Å². The quantitative estimate of drug-likeness (QED) is 0.218. The van der Waals surface area contributed by atoms with Crippen molar-refractivity contribution >= 4 is 38.9 Å². The van der Waals surface area contributed by atoms with Crippen molar-refractivity contribution in [2.45, 2.75) is 24.3 Å². The molecule has 1 heterocycles. The van der Waals surface area contributed by atoms with Crippen molar-refractivity contribution in [2.24, 2.45) is 0 Å². The summed E-state index contributed by atoms with van der Waals surface area (Å²) in [4.78, 5) is 15.4. The fourth-order valence-corrected chi connectivity index (χ4v) is 6.90. The normalized spacial score (nSPS) is 14.2. The molecule has 2 N–H and O–H groups in total. The van der Waals surface area contributed by atoms with Gasteiger partial charge in [0, 0.05) is 31.9 Å². The number of benzene rings is 4. The standard InChI is InChI=1S/C34H36N4O4S2/c1-2-25-42-31-16-10-9-15-30(31)33(39)36-34(43)35-28-17-19-29(20-18-28)44(40,41)38-23-21-37(22-24-38)32(26-11-5-3-6-12-26)27-13-7-4-8-14-27/h3-20,32H,2,21-25H2,1H3,(H2,35,36,39,43). The molecule has 0 radical (unpaired) electrons. The Kier molecular flexibility index (Phi) is 10.4. The van der Waals surface area contributed by atoms with Crippen molar-refractivity contribution < 1.29 is 17.9 Å². The topological polar surface area (TPSA) is 91.0 Å². The second-order valence-corrected chi connectivity index (χ2v) is 12.8. The number of piperazine rings is 1. The van der Waals surface area contributed by atoms with Crippen LogP contribution in [0.2, 0.25) is 0 Å². The second-order valence-electron chi connectivity index (χ2n) is 10.4. The fourth-order valence-electron chi connectivity index (χ4n) is 5.27. The van der Waals surface area contributed by atoms with Gasteiger partial charge in [-0.3, -0.25) is 15.0 Å². The minimum absolute atomic E-state index is 0.0503. The molecule has 1 aliphatic heterocycles. The van der Waals surface area contributed by atoms with E-state index >= 15 is 0 Å². The summed E-state index contributed by atoms with van der Waals surface area (Å²) in [6.07, 6.45) is 0.820. The lowest BCUT2D eigenvalue weighted by Crippen LogP contribution is -2.49. The van der Waals surface area contributed by atoms with Gasteiger partial charge in [-0.15, -0.1) is 0 Å². The summed E-state index contributed by atoms with van der Waals surface area (Å²) in [7, 11) is -3.69. The van der Waals surface area contributed by atoms with Crippen molar-refractivity contribution in [2.75, 3.05) is 38.1 Å². The number of nitrogens with zero attached hydrogens (tertiary/aromatic N) is 2. The number of sulfonamides is 1. The highest BCUT2D eigenvalue weighted by Crippen LogP contribution is 2.30. The number of rotatable bonds is 10. The van der Waals surface area contributed by atoms with Crippen LogP contribution in [0.4, 0.5) is 5.69 Å². The molecule has 0 aliphatic carbocycles. The highest BCUT2D eigenvalue weighted by molar-refractivity contribution is 7.89. The highest BCUT2D eigenvalue weighted by Gasteiger charge is 2.32. The number of amides is 1. The van der Waals surface area contributed by atoms with E-state index in [1.54, 1.807) is 52.8 Å². The molecule has 228 valence electrons. The summed E-state index contributed by atoms with van der Waals surface area (Å²) in [6.45, 7) is 4.48. The summed E-state index contributed by atoms with van der Waals surface area (Å²) in [5, 5.41) is 5.72. The lowest BCUT2D eigenvalue weighted by Gasteiger charge is -2.39. The third-order valence-corrected chi connectivity index (χ3v) is 9.56. The Labute approximate surface area is 264 Å². The van der Waals surface area contributed by atoms with Gasteiger partial charge in [0.05, 0.1) is 23.1 Å². The summed E-state index contributed by atoms with van der Waals surface area (Å²) in [5.41, 5.74) is 3.30. The average Bonchev–Trinajstić information content (AvgIpc) is 3.05. The zero-order chi connectivity index (χ0) is 30.9. The maximum Gasteiger partial charge on any atom is 0.261 e. The summed E-state index contributed by atoms with van der Waals surface area (Å²) >= 11 is 5.34. The Bertz CT molecular complexity index is 1620. The summed E-state index contributed by atoms with van der Waals surface area (Å²) in [5.74, 6) is 0.0926. The van der Waals surface area contributed by atoms with Gasteiger partial charge in [-0.1, -0.05) is 79.7 Å². The van der Waals surface area contributed by atoms with Crippen LogP contribution in [0.15, 0.2) is 114 Å². The van der Waals surface area contributed by atoms with E-state index in [0.717, 1.165) is 6.42 Å². The molecule has 0 spiro atoms. The molecule has 0 atom stereocenters. The van der Waals surface area contributed by atoms with Gasteiger partial charge < -0.3 is 10.1 Å². The second kappa shape index (κ2) is 14.6. The van der Waals surface area contributed by atoms with Gasteiger partial charge in [0.2, 0.25) is 10.0 Å². The molecule has 0 saturated carbocycles. The van der Waals surface area contributed by atoms with Crippen molar-refractivity contribution in [3.05, 3.63) is 126 Å². The van der Waals surface area contributed by atoms with Crippen LogP contribution in [0.5, 0.6) is 5.75 Å². The number of thiocarbonyl (C=S) groups is 1. The van der Waals surface area contributed by atoms with E-state index in [2.05, 4.69) is 39.8 Å². The predicted octanol–water partition coefficient (Wildman–Crippen LogP) is 5.70. The molecule has 1 fully saturated rings. The number of hydrogen-bond acceptors (Lipinski definition) is 6. The Morgan fingerprint density at radius 2 is 1.39 bits per heavy atom. The van der Waals surface area contributed by atoms with Gasteiger partial charge in [-0.05, 0) is 66.2 Å². The molecule has 0 aromatic heterocycles. The van der Waals surface area contributed by atoms with Crippen LogP contribution in [-0.4, -0.2) is 61.4 Å². The van der Waals surface area contributed by atoms with Gasteiger partial charge in [0.1, 0.15) is 5.75 Å². The number of hydrogen-bond donors (Lipinski definition) is 2. The van der Waals surface area contributed by atoms with Crippen LogP contribution >= 0.6 is 12.2 Å². The molecule has 0 unspecified atom stereocenters. The third kappa shape index (κ3) is 7.51. The first-order valence-electron chi connectivity index (χ1n) is 14.6. The van der Waals surface area contributed by atoms with Crippen LogP contribution in [-0.2, 0) is 10.0 Å². The maximum atomic E-state index is 13.5. The average molecular weight is 629 g/mol. The Balaban J connectivity index is 1.20. The fraction of sp³-hybridized carbons (Fsp3) is 0.235. The first kappa shape index (κ1) is 31.3. The monoisotopic (exact) mass is 628 g/mol. The lowest BCUT2D eigenvalue weighted by atomic mass is 9.96. The van der Waals surface area contributed by atoms with Crippen molar-refractivity contribution in [3.63, 3.8) is 0 Å². The first-order chi connectivity index (χ1) is 21.4. The molecular formula is C34H36N4O4S2. The van der Waals surface area contributed by atoms with Crippen molar-refractivity contribution in [1.82, 2.24) is 14.5 Å². The van der Waals surface area contributed by atoms with E-state index in [1.807, 2.05) is 43.3 Å². The molecule has 1 amide bonds. The molecule has 0 bridgehead atoms. The molecule has 44 heavy (non-hydrogen) atoms. The predicted molar refractivity (Wildman–Crippen MR) is 177 cm³/mol. The Morgan fingerprint density at radius 1 is 0.818 bits per heavy atom. The maximum absolute atomic E-state index is 13.5. The Hall–Kier alpha value is -4.09. The Morgan fingerprint density at radius 3 is 1.98 bits per heavy atom. The molecule has 10 heteroatoms. The first-order valence-corrected chi connectivity index (χ1v) is 16.5. The third-order valence-electron chi connectivity index (χ3n) is 7.44. The highest BCUT2D eigenvalue weighted by atomic mass is 32.2. The van der Waals surface area contributed by atoms with E-state index in [0.29, 0.717) is 49.8 Å². The van der Waals surface area contributed by atoms with Crippen LogP contribution < -0.4 is 15.4 Å². The van der Waals surface area contributed by atoms with Gasteiger partial charge in [0.15, 0.2) is 5.11 Å². The van der Waals surface area contributed by atoms with Crippen LogP contribution in [0.25, 0.3) is 0 Å². The summed E-state index contributed by atoms with van der Waals surface area (Å²) in [6, 6.07) is 34.0. The zero-order valence-corrected chi connectivity index (χ0v) is 26.2. The smallest absolute Gasteiger partial charge is 0.261 e. The molecular weight excluding hydrogens is 593 g/mol. The molecule has 1 aliphatic rings. The van der Waals surface area contributed by atoms with E-state index in [4.69, 9.17) is 17.0 Å². The number of ether oxygens (including phenoxy) is 1. The lowest BCUT2D eigenvalue weighted by molar-refractivity contribution is 0.0973. The van der Waals surface area contributed by atoms with Crippen molar-refractivity contribution in [1.29, 1.82) is 0 Å². The van der Waals surface area contributed by atoms with E-state index in [9.17, 15) is 13.2 Å². The molecule has 5 rings (SSSR count). The SMILES string of the molecule is CCCOc1ccccc1C(=O)NC(=S)Nc1ccc(S(=O)(=O)N2CCN(C(c3ccccc3)c3ccccc3)CC2)cc1. The number of anilines is 1. The molecule has 1 saturated heterocycles. The summed E-state index contributed by atoms with van der Waals surface area (Å²) < 4.78 is 34.3. The minimum atomic E-state index is -3.69. The van der Waals surface area contributed by atoms with Crippen molar-refractivity contribution in [3.8, 4) is 5.75 Å².